The normalized spacial score (nSPS) is 18.2. The SMILES string of the molecule is NC(=O)[C@@H](C(=O)Nc1ccc(N2CCOCC2=O)cc1F)N(CC(F)F)C1CC1. The number of nitrogens with zero attached hydrogens (tertiary/aromatic N) is 2. The third-order valence-electron chi connectivity index (χ3n) is 4.72. The maximum absolute atomic E-state index is 14.5. The Morgan fingerprint density at radius 3 is 2.62 bits per heavy atom. The Kier molecular flexibility index (Phi) is 6.38. The van der Waals surface area contributed by atoms with Crippen molar-refractivity contribution < 1.29 is 32.3 Å². The van der Waals surface area contributed by atoms with E-state index in [0.29, 0.717) is 19.4 Å². The average Bonchev–Trinajstić information content (AvgIpc) is 3.48. The zero-order valence-electron chi connectivity index (χ0n) is 15.4. The molecule has 11 heteroatoms. The summed E-state index contributed by atoms with van der Waals surface area (Å²) in [5.74, 6) is -3.25. The van der Waals surface area contributed by atoms with E-state index >= 15 is 0 Å². The zero-order valence-corrected chi connectivity index (χ0v) is 15.4. The molecule has 1 heterocycles. The molecule has 2 fully saturated rings. The number of carbonyl (C=O) groups is 3. The number of ether oxygens (including phenoxy) is 1. The lowest BCUT2D eigenvalue weighted by Gasteiger charge is -2.29. The fourth-order valence-electron chi connectivity index (χ4n) is 3.24. The van der Waals surface area contributed by atoms with Crippen LogP contribution >= 0.6 is 0 Å². The third kappa shape index (κ3) is 5.04. The van der Waals surface area contributed by atoms with E-state index in [1.54, 1.807) is 0 Å². The lowest BCUT2D eigenvalue weighted by atomic mass is 10.1. The molecule has 158 valence electrons. The van der Waals surface area contributed by atoms with Crippen molar-refractivity contribution in [3.05, 3.63) is 24.0 Å². The van der Waals surface area contributed by atoms with Gasteiger partial charge in [0.05, 0.1) is 18.8 Å². The number of nitrogens with two attached hydrogens (primary N) is 1. The van der Waals surface area contributed by atoms with E-state index in [1.807, 2.05) is 0 Å². The Morgan fingerprint density at radius 2 is 2.07 bits per heavy atom. The highest BCUT2D eigenvalue weighted by Gasteiger charge is 2.41. The Balaban J connectivity index is 1.75. The number of halogens is 3. The number of hydrogen-bond donors (Lipinski definition) is 2. The minimum Gasteiger partial charge on any atom is -0.370 e. The predicted molar refractivity (Wildman–Crippen MR) is 96.9 cm³/mol. The third-order valence-corrected chi connectivity index (χ3v) is 4.72. The number of hydrogen-bond acceptors (Lipinski definition) is 5. The number of anilines is 2. The monoisotopic (exact) mass is 414 g/mol. The van der Waals surface area contributed by atoms with Gasteiger partial charge in [-0.3, -0.25) is 19.3 Å². The van der Waals surface area contributed by atoms with Crippen LogP contribution < -0.4 is 16.0 Å². The highest BCUT2D eigenvalue weighted by atomic mass is 19.3. The van der Waals surface area contributed by atoms with Gasteiger partial charge >= 0.3 is 0 Å². The molecular formula is C18H21F3N4O4. The molecule has 0 unspecified atom stereocenters. The summed E-state index contributed by atoms with van der Waals surface area (Å²) in [7, 11) is 0. The molecule has 1 atom stereocenters. The van der Waals surface area contributed by atoms with Gasteiger partial charge in [0.2, 0.25) is 5.91 Å². The van der Waals surface area contributed by atoms with Crippen molar-refractivity contribution in [1.29, 1.82) is 0 Å². The van der Waals surface area contributed by atoms with Crippen LogP contribution in [-0.2, 0) is 19.1 Å². The largest absolute Gasteiger partial charge is 0.370 e. The molecule has 0 bridgehead atoms. The molecule has 0 spiro atoms. The molecule has 1 aliphatic carbocycles. The van der Waals surface area contributed by atoms with E-state index in [-0.39, 0.29) is 36.5 Å². The molecule has 2 aliphatic rings. The quantitative estimate of drug-likeness (QED) is 0.610. The van der Waals surface area contributed by atoms with Gasteiger partial charge in [0, 0.05) is 18.3 Å². The van der Waals surface area contributed by atoms with Crippen LogP contribution in [0.5, 0.6) is 0 Å². The highest BCUT2D eigenvalue weighted by Crippen LogP contribution is 2.30. The van der Waals surface area contributed by atoms with Crippen molar-refractivity contribution in [3.63, 3.8) is 0 Å². The number of carbonyl (C=O) groups excluding carboxylic acids is 3. The van der Waals surface area contributed by atoms with E-state index in [1.165, 1.54) is 17.0 Å². The first-order valence-electron chi connectivity index (χ1n) is 9.09. The number of primary amides is 1. The molecule has 1 saturated carbocycles. The maximum atomic E-state index is 14.5. The fourth-order valence-corrected chi connectivity index (χ4v) is 3.24. The Labute approximate surface area is 164 Å². The van der Waals surface area contributed by atoms with E-state index in [2.05, 4.69) is 5.32 Å². The summed E-state index contributed by atoms with van der Waals surface area (Å²) in [6.45, 7) is -0.321. The summed E-state index contributed by atoms with van der Waals surface area (Å²) in [6, 6.07) is 1.75. The molecule has 3 amide bonds. The maximum Gasteiger partial charge on any atom is 0.253 e. The molecule has 1 saturated heterocycles. The number of amides is 3. The highest BCUT2D eigenvalue weighted by molar-refractivity contribution is 6.09. The van der Waals surface area contributed by atoms with Gasteiger partial charge in [0.25, 0.3) is 18.2 Å². The average molecular weight is 414 g/mol. The van der Waals surface area contributed by atoms with Gasteiger partial charge in [-0.15, -0.1) is 0 Å². The van der Waals surface area contributed by atoms with Crippen molar-refractivity contribution in [2.75, 3.05) is 36.5 Å². The van der Waals surface area contributed by atoms with Gasteiger partial charge < -0.3 is 20.7 Å². The summed E-state index contributed by atoms with van der Waals surface area (Å²) >= 11 is 0. The number of morpholine rings is 1. The Morgan fingerprint density at radius 1 is 1.34 bits per heavy atom. The van der Waals surface area contributed by atoms with E-state index in [9.17, 15) is 27.6 Å². The molecule has 0 aromatic heterocycles. The molecular weight excluding hydrogens is 393 g/mol. The zero-order chi connectivity index (χ0) is 21.1. The summed E-state index contributed by atoms with van der Waals surface area (Å²) in [5.41, 5.74) is 5.31. The minimum absolute atomic E-state index is 0.110. The van der Waals surface area contributed by atoms with E-state index < -0.39 is 36.6 Å². The van der Waals surface area contributed by atoms with Crippen LogP contribution in [0.3, 0.4) is 0 Å². The lowest BCUT2D eigenvalue weighted by molar-refractivity contribution is -0.133. The molecule has 3 rings (SSSR count). The first-order valence-corrected chi connectivity index (χ1v) is 9.09. The first kappa shape index (κ1) is 21.1. The summed E-state index contributed by atoms with van der Waals surface area (Å²) in [6.07, 6.45) is -1.62. The lowest BCUT2D eigenvalue weighted by Crippen LogP contribution is -2.54. The van der Waals surface area contributed by atoms with Gasteiger partial charge in [0.15, 0.2) is 6.04 Å². The fraction of sp³-hybridized carbons (Fsp3) is 0.500. The Bertz CT molecular complexity index is 803. The van der Waals surface area contributed by atoms with Crippen LogP contribution in [-0.4, -0.2) is 67.4 Å². The van der Waals surface area contributed by atoms with E-state index in [4.69, 9.17) is 10.5 Å². The van der Waals surface area contributed by atoms with Gasteiger partial charge in [-0.25, -0.2) is 13.2 Å². The van der Waals surface area contributed by atoms with Gasteiger partial charge in [-0.2, -0.15) is 0 Å². The first-order chi connectivity index (χ1) is 13.8. The van der Waals surface area contributed by atoms with Gasteiger partial charge in [-0.1, -0.05) is 0 Å². The molecule has 1 aromatic carbocycles. The van der Waals surface area contributed by atoms with Crippen molar-refractivity contribution in [2.24, 2.45) is 5.73 Å². The van der Waals surface area contributed by atoms with Crippen LogP contribution in [0.25, 0.3) is 0 Å². The van der Waals surface area contributed by atoms with Crippen molar-refractivity contribution >= 4 is 29.1 Å². The second kappa shape index (κ2) is 8.78. The molecule has 3 N–H and O–H groups in total. The summed E-state index contributed by atoms with van der Waals surface area (Å²) < 4.78 is 45.3. The molecule has 1 aromatic rings. The second-order valence-electron chi connectivity index (χ2n) is 6.88. The number of nitrogens with one attached hydrogen (secondary N) is 1. The smallest absolute Gasteiger partial charge is 0.253 e. The van der Waals surface area contributed by atoms with Crippen LogP contribution in [0.1, 0.15) is 12.8 Å². The predicted octanol–water partition coefficient (Wildman–Crippen LogP) is 0.711. The topological polar surface area (TPSA) is 105 Å². The Hall–Kier alpha value is -2.66. The van der Waals surface area contributed by atoms with Crippen molar-refractivity contribution in [1.82, 2.24) is 4.90 Å². The molecule has 1 aliphatic heterocycles. The van der Waals surface area contributed by atoms with Crippen molar-refractivity contribution in [2.45, 2.75) is 31.4 Å². The summed E-state index contributed by atoms with van der Waals surface area (Å²) in [5, 5.41) is 2.24. The minimum atomic E-state index is -2.76. The number of rotatable bonds is 8. The van der Waals surface area contributed by atoms with Crippen LogP contribution in [0, 0.1) is 5.82 Å². The van der Waals surface area contributed by atoms with Gasteiger partial charge in [-0.05, 0) is 31.0 Å². The van der Waals surface area contributed by atoms with Crippen molar-refractivity contribution in [3.8, 4) is 0 Å². The standard InChI is InChI=1S/C18H21F3N4O4/c19-12-7-11(24-5-6-29-9-15(24)26)3-4-13(12)23-18(28)16(17(22)27)25(8-14(20)21)10-1-2-10/h3-4,7,10,14,16H,1-2,5-6,8-9H2,(H2,22,27)(H,23,28)/t16-/m0/s1. The second-order valence-corrected chi connectivity index (χ2v) is 6.88. The summed E-state index contributed by atoms with van der Waals surface area (Å²) in [4.78, 5) is 38.6. The van der Waals surface area contributed by atoms with Crippen LogP contribution in [0.2, 0.25) is 0 Å². The van der Waals surface area contributed by atoms with E-state index in [0.717, 1.165) is 11.0 Å². The van der Waals surface area contributed by atoms with Crippen LogP contribution in [0.4, 0.5) is 24.5 Å². The molecule has 0 radical (unpaired) electrons. The van der Waals surface area contributed by atoms with Gasteiger partial charge in [0.1, 0.15) is 12.4 Å². The molecule has 29 heavy (non-hydrogen) atoms. The molecule has 8 nitrogen and oxygen atoms in total. The number of benzene rings is 1. The van der Waals surface area contributed by atoms with Crippen LogP contribution in [0.15, 0.2) is 18.2 Å². The number of alkyl halides is 2.